The average Bonchev–Trinajstić information content (AvgIpc) is 3.08. The molecule has 0 aliphatic heterocycles. The average molecular weight is 397 g/mol. The monoisotopic (exact) mass is 397 g/mol. The Balaban J connectivity index is 1.35. The minimum Gasteiger partial charge on any atom is -0.444 e. The number of ether oxygens (including phenoxy) is 1. The molecule has 1 aliphatic rings. The van der Waals surface area contributed by atoms with Crippen molar-refractivity contribution in [3.63, 3.8) is 0 Å². The molecule has 1 aliphatic carbocycles. The molecule has 0 spiro atoms. The normalized spacial score (nSPS) is 19.0. The quantitative estimate of drug-likeness (QED) is 0.716. The Bertz CT molecular complexity index is 1040. The molecule has 3 aromatic rings. The molecule has 1 amide bonds. The van der Waals surface area contributed by atoms with Crippen LogP contribution in [-0.4, -0.2) is 38.0 Å². The molecule has 0 unspecified atom stereocenters. The number of hydrogen-bond acceptors (Lipinski definition) is 5. The zero-order valence-corrected chi connectivity index (χ0v) is 16.7. The molecule has 1 fully saturated rings. The predicted octanol–water partition coefficient (Wildman–Crippen LogP) is 4.11. The van der Waals surface area contributed by atoms with Crippen molar-refractivity contribution in [2.45, 2.75) is 45.3 Å². The van der Waals surface area contributed by atoms with E-state index in [-0.39, 0.29) is 23.5 Å². The van der Waals surface area contributed by atoms with Gasteiger partial charge in [0.1, 0.15) is 11.1 Å². The van der Waals surface area contributed by atoms with E-state index in [1.165, 1.54) is 6.07 Å². The number of rotatable bonds is 4. The van der Waals surface area contributed by atoms with Crippen molar-refractivity contribution >= 4 is 17.1 Å². The minimum atomic E-state index is -0.494. The summed E-state index contributed by atoms with van der Waals surface area (Å²) in [5.74, 6) is 0.0123. The lowest BCUT2D eigenvalue weighted by Gasteiger charge is -2.35. The van der Waals surface area contributed by atoms with Crippen molar-refractivity contribution in [1.29, 1.82) is 0 Å². The molecule has 152 valence electrons. The molecule has 0 atom stereocenters. The van der Waals surface area contributed by atoms with Gasteiger partial charge in [-0.05, 0) is 51.7 Å². The number of halogens is 1. The van der Waals surface area contributed by atoms with Gasteiger partial charge in [0.05, 0.1) is 29.6 Å². The summed E-state index contributed by atoms with van der Waals surface area (Å²) < 4.78 is 21.1. The highest BCUT2D eigenvalue weighted by molar-refractivity contribution is 5.77. The van der Waals surface area contributed by atoms with Gasteiger partial charge >= 0.3 is 6.09 Å². The first-order chi connectivity index (χ1) is 13.8. The number of fused-ring (bicyclic) bond motifs is 1. The molecule has 7 nitrogen and oxygen atoms in total. The van der Waals surface area contributed by atoms with Crippen LogP contribution in [0.5, 0.6) is 0 Å². The van der Waals surface area contributed by atoms with E-state index in [0.29, 0.717) is 23.7 Å². The fourth-order valence-corrected chi connectivity index (χ4v) is 3.43. The molecule has 0 radical (unpaired) electrons. The Morgan fingerprint density at radius 1 is 1.31 bits per heavy atom. The summed E-state index contributed by atoms with van der Waals surface area (Å²) in [4.78, 5) is 20.4. The number of amides is 1. The Morgan fingerprint density at radius 3 is 2.86 bits per heavy atom. The van der Waals surface area contributed by atoms with Crippen molar-refractivity contribution in [3.8, 4) is 11.3 Å². The van der Waals surface area contributed by atoms with E-state index in [9.17, 15) is 9.18 Å². The lowest BCUT2D eigenvalue weighted by Crippen LogP contribution is -2.39. The summed E-state index contributed by atoms with van der Waals surface area (Å²) in [5.41, 5.74) is 1.69. The highest BCUT2D eigenvalue weighted by Gasteiger charge is 2.31. The van der Waals surface area contributed by atoms with E-state index in [1.807, 2.05) is 31.6 Å². The van der Waals surface area contributed by atoms with Gasteiger partial charge in [-0.3, -0.25) is 9.67 Å². The number of hydrogen-bond donors (Lipinski definition) is 1. The smallest absolute Gasteiger partial charge is 0.407 e. The van der Waals surface area contributed by atoms with E-state index >= 15 is 0 Å². The van der Waals surface area contributed by atoms with Crippen LogP contribution in [0.25, 0.3) is 22.3 Å². The number of aromatic nitrogens is 4. The molecule has 0 bridgehead atoms. The number of nitrogens with zero attached hydrogens (tertiary/aromatic N) is 4. The summed E-state index contributed by atoms with van der Waals surface area (Å²) in [7, 11) is 0. The standard InChI is InChI=1S/C21H24FN5O2/c1-21(2,3)29-20(28)24-9-13-7-15(8-13)27-12-14(10-25-27)18-11-23-17-6-4-5-16(22)19(17)26-18/h4-6,10-13,15H,7-9H2,1-3H3,(H,24,28). The van der Waals surface area contributed by atoms with Crippen LogP contribution in [-0.2, 0) is 4.74 Å². The van der Waals surface area contributed by atoms with Crippen LogP contribution in [0.3, 0.4) is 0 Å². The largest absolute Gasteiger partial charge is 0.444 e. The number of benzene rings is 1. The molecule has 2 aromatic heterocycles. The third kappa shape index (κ3) is 4.36. The molecule has 8 heteroatoms. The zero-order chi connectivity index (χ0) is 20.6. The molecular formula is C21H24FN5O2. The number of para-hydroxylation sites is 1. The van der Waals surface area contributed by atoms with Crippen LogP contribution in [0.1, 0.15) is 39.7 Å². The van der Waals surface area contributed by atoms with Gasteiger partial charge in [0.2, 0.25) is 0 Å². The van der Waals surface area contributed by atoms with E-state index in [0.717, 1.165) is 18.4 Å². The van der Waals surface area contributed by atoms with Gasteiger partial charge < -0.3 is 10.1 Å². The Labute approximate surface area is 168 Å². The lowest BCUT2D eigenvalue weighted by molar-refractivity contribution is 0.0498. The Kier molecular flexibility index (Phi) is 4.94. The third-order valence-corrected chi connectivity index (χ3v) is 4.94. The first-order valence-electron chi connectivity index (χ1n) is 9.71. The summed E-state index contributed by atoms with van der Waals surface area (Å²) >= 11 is 0. The van der Waals surface area contributed by atoms with Crippen molar-refractivity contribution in [2.75, 3.05) is 6.54 Å². The van der Waals surface area contributed by atoms with Crippen molar-refractivity contribution in [1.82, 2.24) is 25.1 Å². The van der Waals surface area contributed by atoms with Crippen LogP contribution >= 0.6 is 0 Å². The second-order valence-corrected chi connectivity index (χ2v) is 8.45. The van der Waals surface area contributed by atoms with Crippen molar-refractivity contribution in [2.24, 2.45) is 5.92 Å². The van der Waals surface area contributed by atoms with Crippen LogP contribution in [0.4, 0.5) is 9.18 Å². The number of carbonyl (C=O) groups excluding carboxylic acids is 1. The van der Waals surface area contributed by atoms with Gasteiger partial charge in [0.15, 0.2) is 5.82 Å². The van der Waals surface area contributed by atoms with E-state index in [1.54, 1.807) is 24.5 Å². The summed E-state index contributed by atoms with van der Waals surface area (Å²) in [6, 6.07) is 5.01. The molecule has 1 aromatic carbocycles. The SMILES string of the molecule is CC(C)(C)OC(=O)NCC1CC(n2cc(-c3cnc4cccc(F)c4n3)cn2)C1. The summed E-state index contributed by atoms with van der Waals surface area (Å²) in [5, 5.41) is 7.26. The Morgan fingerprint density at radius 2 is 2.10 bits per heavy atom. The topological polar surface area (TPSA) is 81.9 Å². The van der Waals surface area contributed by atoms with Gasteiger partial charge in [-0.2, -0.15) is 5.10 Å². The molecule has 1 N–H and O–H groups in total. The van der Waals surface area contributed by atoms with E-state index < -0.39 is 5.60 Å². The van der Waals surface area contributed by atoms with Gasteiger partial charge in [0.25, 0.3) is 0 Å². The van der Waals surface area contributed by atoms with Crippen LogP contribution < -0.4 is 5.32 Å². The second kappa shape index (κ2) is 7.42. The van der Waals surface area contributed by atoms with E-state index in [2.05, 4.69) is 20.4 Å². The molecule has 0 saturated heterocycles. The predicted molar refractivity (Wildman–Crippen MR) is 107 cm³/mol. The molecule has 29 heavy (non-hydrogen) atoms. The minimum absolute atomic E-state index is 0.259. The number of alkyl carbamates (subject to hydrolysis) is 1. The third-order valence-electron chi connectivity index (χ3n) is 4.94. The zero-order valence-electron chi connectivity index (χ0n) is 16.7. The number of nitrogens with one attached hydrogen (secondary N) is 1. The van der Waals surface area contributed by atoms with Crippen LogP contribution in [0.15, 0.2) is 36.8 Å². The Hall–Kier alpha value is -3.03. The van der Waals surface area contributed by atoms with Crippen LogP contribution in [0.2, 0.25) is 0 Å². The maximum atomic E-state index is 14.0. The summed E-state index contributed by atoms with van der Waals surface area (Å²) in [6.07, 6.45) is 6.74. The second-order valence-electron chi connectivity index (χ2n) is 8.45. The van der Waals surface area contributed by atoms with Gasteiger partial charge in [-0.25, -0.2) is 14.2 Å². The van der Waals surface area contributed by atoms with Crippen molar-refractivity contribution < 1.29 is 13.9 Å². The molecule has 1 saturated carbocycles. The first kappa shape index (κ1) is 19.3. The van der Waals surface area contributed by atoms with Gasteiger partial charge in [0, 0.05) is 18.3 Å². The first-order valence-corrected chi connectivity index (χ1v) is 9.71. The fourth-order valence-electron chi connectivity index (χ4n) is 3.43. The highest BCUT2D eigenvalue weighted by atomic mass is 19.1. The number of carbonyl (C=O) groups is 1. The van der Waals surface area contributed by atoms with E-state index in [4.69, 9.17) is 4.74 Å². The van der Waals surface area contributed by atoms with Crippen LogP contribution in [0, 0.1) is 11.7 Å². The molecule has 2 heterocycles. The van der Waals surface area contributed by atoms with Gasteiger partial charge in [-0.1, -0.05) is 6.07 Å². The van der Waals surface area contributed by atoms with Gasteiger partial charge in [-0.15, -0.1) is 0 Å². The van der Waals surface area contributed by atoms with Crippen molar-refractivity contribution in [3.05, 3.63) is 42.6 Å². The maximum Gasteiger partial charge on any atom is 0.407 e. The highest BCUT2D eigenvalue weighted by Crippen LogP contribution is 2.37. The summed E-state index contributed by atoms with van der Waals surface area (Å²) in [6.45, 7) is 6.12. The molecular weight excluding hydrogens is 373 g/mol. The maximum absolute atomic E-state index is 14.0. The molecule has 4 rings (SSSR count). The lowest BCUT2D eigenvalue weighted by atomic mass is 9.80. The fraction of sp³-hybridized carbons (Fsp3) is 0.429.